The van der Waals surface area contributed by atoms with Crippen LogP contribution in [0.15, 0.2) is 54.2 Å². The number of aromatic nitrogens is 2. The highest BCUT2D eigenvalue weighted by molar-refractivity contribution is 7.13. The lowest BCUT2D eigenvalue weighted by Crippen LogP contribution is -2.42. The smallest absolute Gasteiger partial charge is 0.278 e. The summed E-state index contributed by atoms with van der Waals surface area (Å²) in [7, 11) is 0. The van der Waals surface area contributed by atoms with E-state index in [4.69, 9.17) is 4.74 Å². The summed E-state index contributed by atoms with van der Waals surface area (Å²) < 4.78 is 5.72. The second-order valence-corrected chi connectivity index (χ2v) is 6.42. The molecule has 24 heavy (non-hydrogen) atoms. The van der Waals surface area contributed by atoms with Crippen LogP contribution in [0.3, 0.4) is 0 Å². The summed E-state index contributed by atoms with van der Waals surface area (Å²) in [6.07, 6.45) is 1.55. The Balaban J connectivity index is 1.75. The molecule has 6 heteroatoms. The minimum atomic E-state index is -0.125. The van der Waals surface area contributed by atoms with Gasteiger partial charge < -0.3 is 4.74 Å². The van der Waals surface area contributed by atoms with Crippen LogP contribution in [0.5, 0.6) is 5.88 Å². The Morgan fingerprint density at radius 1 is 1.21 bits per heavy atom. The Bertz CT molecular complexity index is 879. The molecule has 0 saturated carbocycles. The Morgan fingerprint density at radius 2 is 2.04 bits per heavy atom. The maximum absolute atomic E-state index is 13.2. The highest BCUT2D eigenvalue weighted by Crippen LogP contribution is 2.34. The predicted octanol–water partition coefficient (Wildman–Crippen LogP) is 3.63. The molecule has 0 saturated heterocycles. The van der Waals surface area contributed by atoms with E-state index in [1.165, 1.54) is 11.3 Å². The molecule has 4 rings (SSSR count). The van der Waals surface area contributed by atoms with E-state index in [1.807, 2.05) is 43.3 Å². The highest BCUT2D eigenvalue weighted by Gasteiger charge is 2.31. The first kappa shape index (κ1) is 14.8. The maximum atomic E-state index is 13.2. The molecule has 1 atom stereocenters. The van der Waals surface area contributed by atoms with Crippen molar-refractivity contribution < 1.29 is 9.53 Å². The molecule has 3 aromatic rings. The van der Waals surface area contributed by atoms with Gasteiger partial charge in [-0.3, -0.25) is 9.69 Å². The van der Waals surface area contributed by atoms with Crippen molar-refractivity contribution in [1.29, 1.82) is 0 Å². The molecule has 2 aromatic heterocycles. The number of hydrogen-bond donors (Lipinski definition) is 0. The number of fused-ring (bicyclic) bond motifs is 1. The zero-order valence-electron chi connectivity index (χ0n) is 13.0. The van der Waals surface area contributed by atoms with E-state index in [9.17, 15) is 4.79 Å². The molecular weight excluding hydrogens is 322 g/mol. The SMILES string of the molecule is C[C@@H]1CN(C(=O)c2ncsc2-c2ccccc2)c2cccnc2O1. The van der Waals surface area contributed by atoms with Crippen LogP contribution >= 0.6 is 11.3 Å². The monoisotopic (exact) mass is 337 g/mol. The molecule has 0 bridgehead atoms. The van der Waals surface area contributed by atoms with Crippen molar-refractivity contribution in [3.63, 3.8) is 0 Å². The minimum absolute atomic E-state index is 0.116. The third-order valence-electron chi connectivity index (χ3n) is 3.85. The van der Waals surface area contributed by atoms with Gasteiger partial charge in [0.15, 0.2) is 0 Å². The molecule has 5 nitrogen and oxygen atoms in total. The van der Waals surface area contributed by atoms with Crippen molar-refractivity contribution in [2.75, 3.05) is 11.4 Å². The van der Waals surface area contributed by atoms with E-state index < -0.39 is 0 Å². The number of carbonyl (C=O) groups is 1. The van der Waals surface area contributed by atoms with E-state index in [1.54, 1.807) is 22.7 Å². The van der Waals surface area contributed by atoms with Gasteiger partial charge >= 0.3 is 0 Å². The van der Waals surface area contributed by atoms with Gasteiger partial charge in [0.05, 0.1) is 16.9 Å². The predicted molar refractivity (Wildman–Crippen MR) is 93.6 cm³/mol. The zero-order valence-corrected chi connectivity index (χ0v) is 13.9. The Morgan fingerprint density at radius 3 is 2.88 bits per heavy atom. The fourth-order valence-electron chi connectivity index (χ4n) is 2.77. The standard InChI is InChI=1S/C18H15N3O2S/c1-12-10-21(14-8-5-9-19-17(14)23-12)18(22)15-16(24-11-20-15)13-6-3-2-4-7-13/h2-9,11-12H,10H2,1H3/t12-/m1/s1. The molecular formula is C18H15N3O2S. The largest absolute Gasteiger partial charge is 0.471 e. The van der Waals surface area contributed by atoms with Crippen molar-refractivity contribution >= 4 is 22.9 Å². The van der Waals surface area contributed by atoms with Gasteiger partial charge in [-0.25, -0.2) is 9.97 Å². The van der Waals surface area contributed by atoms with Crippen LogP contribution in [0.25, 0.3) is 10.4 Å². The van der Waals surface area contributed by atoms with Gasteiger partial charge in [-0.1, -0.05) is 30.3 Å². The van der Waals surface area contributed by atoms with E-state index in [0.717, 1.165) is 10.4 Å². The molecule has 0 aliphatic carbocycles. The summed E-state index contributed by atoms with van der Waals surface area (Å²) >= 11 is 1.47. The summed E-state index contributed by atoms with van der Waals surface area (Å²) in [6.45, 7) is 2.40. The Hall–Kier alpha value is -2.73. The molecule has 120 valence electrons. The topological polar surface area (TPSA) is 55.3 Å². The summed E-state index contributed by atoms with van der Waals surface area (Å²) in [4.78, 5) is 24.3. The van der Waals surface area contributed by atoms with Gasteiger partial charge in [-0.05, 0) is 24.6 Å². The summed E-state index contributed by atoms with van der Waals surface area (Å²) in [6, 6.07) is 13.5. The second-order valence-electron chi connectivity index (χ2n) is 5.57. The van der Waals surface area contributed by atoms with Gasteiger partial charge in [0.1, 0.15) is 17.5 Å². The number of hydrogen-bond acceptors (Lipinski definition) is 5. The Kier molecular flexibility index (Phi) is 3.74. The number of benzene rings is 1. The van der Waals surface area contributed by atoms with E-state index >= 15 is 0 Å². The summed E-state index contributed by atoms with van der Waals surface area (Å²) in [5, 5.41) is 0. The molecule has 1 aliphatic heterocycles. The van der Waals surface area contributed by atoms with Crippen molar-refractivity contribution in [3.8, 4) is 16.3 Å². The second kappa shape index (κ2) is 6.05. The van der Waals surface area contributed by atoms with Crippen LogP contribution < -0.4 is 9.64 Å². The lowest BCUT2D eigenvalue weighted by molar-refractivity contribution is 0.0955. The normalized spacial score (nSPS) is 16.4. The van der Waals surface area contributed by atoms with Crippen LogP contribution in [-0.4, -0.2) is 28.5 Å². The average Bonchev–Trinajstić information content (AvgIpc) is 3.11. The number of ether oxygens (including phenoxy) is 1. The van der Waals surface area contributed by atoms with Gasteiger partial charge in [0.2, 0.25) is 5.88 Å². The van der Waals surface area contributed by atoms with Crippen molar-refractivity contribution in [1.82, 2.24) is 9.97 Å². The Labute approximate surface area is 143 Å². The average molecular weight is 337 g/mol. The molecule has 1 aromatic carbocycles. The lowest BCUT2D eigenvalue weighted by Gasteiger charge is -2.32. The molecule has 0 fully saturated rings. The van der Waals surface area contributed by atoms with Crippen LogP contribution in [0.1, 0.15) is 17.4 Å². The summed E-state index contributed by atoms with van der Waals surface area (Å²) in [5.41, 5.74) is 3.86. The van der Waals surface area contributed by atoms with Crippen molar-refractivity contribution in [2.24, 2.45) is 0 Å². The fourth-order valence-corrected chi connectivity index (χ4v) is 3.56. The molecule has 1 amide bonds. The van der Waals surface area contributed by atoms with Gasteiger partial charge in [-0.2, -0.15) is 0 Å². The van der Waals surface area contributed by atoms with Crippen molar-refractivity contribution in [2.45, 2.75) is 13.0 Å². The number of anilines is 1. The molecule has 0 spiro atoms. The van der Waals surface area contributed by atoms with E-state index in [2.05, 4.69) is 9.97 Å². The highest BCUT2D eigenvalue weighted by atomic mass is 32.1. The number of thiazole rings is 1. The fraction of sp³-hybridized carbons (Fsp3) is 0.167. The quantitative estimate of drug-likeness (QED) is 0.716. The van der Waals surface area contributed by atoms with Crippen LogP contribution in [0, 0.1) is 0 Å². The number of rotatable bonds is 2. The number of amides is 1. The number of nitrogens with zero attached hydrogens (tertiary/aromatic N) is 3. The molecule has 0 N–H and O–H groups in total. The van der Waals surface area contributed by atoms with Gasteiger partial charge in [0.25, 0.3) is 5.91 Å². The number of pyridine rings is 1. The minimum Gasteiger partial charge on any atom is -0.471 e. The molecule has 3 heterocycles. The van der Waals surface area contributed by atoms with Gasteiger partial charge in [0, 0.05) is 6.20 Å². The number of carbonyl (C=O) groups excluding carboxylic acids is 1. The first-order valence-electron chi connectivity index (χ1n) is 7.66. The van der Waals surface area contributed by atoms with E-state index in [-0.39, 0.29) is 12.0 Å². The summed E-state index contributed by atoms with van der Waals surface area (Å²) in [5.74, 6) is 0.362. The molecule has 0 radical (unpaired) electrons. The lowest BCUT2D eigenvalue weighted by atomic mass is 10.1. The zero-order chi connectivity index (χ0) is 16.5. The van der Waals surface area contributed by atoms with Gasteiger partial charge in [-0.15, -0.1) is 11.3 Å². The molecule has 1 aliphatic rings. The van der Waals surface area contributed by atoms with Crippen LogP contribution in [-0.2, 0) is 0 Å². The third-order valence-corrected chi connectivity index (χ3v) is 4.72. The van der Waals surface area contributed by atoms with Crippen LogP contribution in [0.2, 0.25) is 0 Å². The first-order valence-corrected chi connectivity index (χ1v) is 8.54. The first-order chi connectivity index (χ1) is 11.7. The third kappa shape index (κ3) is 2.55. The van der Waals surface area contributed by atoms with Crippen LogP contribution in [0.4, 0.5) is 5.69 Å². The van der Waals surface area contributed by atoms with E-state index in [0.29, 0.717) is 23.8 Å². The molecule has 0 unspecified atom stereocenters. The maximum Gasteiger partial charge on any atom is 0.278 e. The van der Waals surface area contributed by atoms with Crippen molar-refractivity contribution in [3.05, 3.63) is 59.9 Å².